The molecule has 4 rings (SSSR count). The van der Waals surface area contributed by atoms with E-state index >= 15 is 0 Å². The molecule has 4 aromatic rings. The van der Waals surface area contributed by atoms with Gasteiger partial charge in [0.25, 0.3) is 5.56 Å². The van der Waals surface area contributed by atoms with Crippen LogP contribution in [0.2, 0.25) is 0 Å². The first kappa shape index (κ1) is 21.5. The molecule has 0 unspecified atom stereocenters. The topological polar surface area (TPSA) is 68.9 Å². The molecular formula is C25H25FN4O2. The summed E-state index contributed by atoms with van der Waals surface area (Å²) >= 11 is 0. The number of nitrogens with zero attached hydrogens (tertiary/aromatic N) is 3. The molecule has 0 aliphatic heterocycles. The number of nitrogens with one attached hydrogen (secondary N) is 1. The summed E-state index contributed by atoms with van der Waals surface area (Å²) in [5.41, 5.74) is 4.19. The molecular weight excluding hydrogens is 407 g/mol. The molecule has 0 fully saturated rings. The molecule has 32 heavy (non-hydrogen) atoms. The van der Waals surface area contributed by atoms with Gasteiger partial charge in [-0.25, -0.2) is 9.07 Å². The van der Waals surface area contributed by atoms with Gasteiger partial charge in [0, 0.05) is 29.6 Å². The number of halogens is 1. The van der Waals surface area contributed by atoms with Crippen LogP contribution >= 0.6 is 0 Å². The van der Waals surface area contributed by atoms with Gasteiger partial charge in [-0.3, -0.25) is 14.2 Å². The molecule has 1 N–H and O–H groups in total. The summed E-state index contributed by atoms with van der Waals surface area (Å²) in [6, 6.07) is 15.5. The number of anilines is 1. The molecule has 7 heteroatoms. The second kappa shape index (κ2) is 8.78. The van der Waals surface area contributed by atoms with E-state index in [1.807, 2.05) is 55.8 Å². The normalized spacial score (nSPS) is 11.1. The van der Waals surface area contributed by atoms with E-state index in [0.29, 0.717) is 17.8 Å². The van der Waals surface area contributed by atoms with Crippen molar-refractivity contribution in [2.24, 2.45) is 0 Å². The lowest BCUT2D eigenvalue weighted by molar-refractivity contribution is -0.116. The largest absolute Gasteiger partial charge is 0.326 e. The summed E-state index contributed by atoms with van der Waals surface area (Å²) in [5, 5.41) is 8.33. The van der Waals surface area contributed by atoms with Crippen molar-refractivity contribution >= 4 is 22.6 Å². The smallest absolute Gasteiger partial charge is 0.255 e. The van der Waals surface area contributed by atoms with Crippen molar-refractivity contribution in [2.75, 3.05) is 5.32 Å². The van der Waals surface area contributed by atoms with E-state index in [4.69, 9.17) is 5.10 Å². The molecule has 1 amide bonds. The SMILES string of the molecule is CCn1c(=O)c(CCC(=O)Nc2cccc(F)c2)c(C)c2c(C)nn(-c3ccccc3)c21. The first-order chi connectivity index (χ1) is 15.4. The van der Waals surface area contributed by atoms with Crippen LogP contribution in [0.15, 0.2) is 59.4 Å². The number of pyridine rings is 1. The average Bonchev–Trinajstić information content (AvgIpc) is 3.12. The Balaban J connectivity index is 1.71. The highest BCUT2D eigenvalue weighted by Gasteiger charge is 2.21. The molecule has 2 aromatic heterocycles. The van der Waals surface area contributed by atoms with Gasteiger partial charge in [-0.15, -0.1) is 0 Å². The average molecular weight is 432 g/mol. The molecule has 0 radical (unpaired) electrons. The van der Waals surface area contributed by atoms with E-state index in [2.05, 4.69) is 5.32 Å². The number of para-hydroxylation sites is 1. The van der Waals surface area contributed by atoms with E-state index in [9.17, 15) is 14.0 Å². The maximum atomic E-state index is 13.4. The minimum atomic E-state index is -0.416. The maximum Gasteiger partial charge on any atom is 0.255 e. The standard InChI is InChI=1S/C25H25FN4O2/c1-4-29-24-23(17(3)28-30(24)20-11-6-5-7-12-20)16(2)21(25(29)32)13-14-22(31)27-19-10-8-9-18(26)15-19/h5-12,15H,4,13-14H2,1-3H3,(H,27,31). The fraction of sp³-hybridized carbons (Fsp3) is 0.240. The fourth-order valence-corrected chi connectivity index (χ4v) is 4.14. The van der Waals surface area contributed by atoms with Crippen molar-refractivity contribution < 1.29 is 9.18 Å². The van der Waals surface area contributed by atoms with Crippen LogP contribution in [-0.4, -0.2) is 20.3 Å². The molecule has 6 nitrogen and oxygen atoms in total. The fourth-order valence-electron chi connectivity index (χ4n) is 4.14. The summed E-state index contributed by atoms with van der Waals surface area (Å²) in [7, 11) is 0. The Morgan fingerprint density at radius 3 is 2.53 bits per heavy atom. The van der Waals surface area contributed by atoms with Crippen molar-refractivity contribution in [3.63, 3.8) is 0 Å². The molecule has 2 heterocycles. The summed E-state index contributed by atoms with van der Waals surface area (Å²) in [6.45, 7) is 6.25. The van der Waals surface area contributed by atoms with E-state index in [1.165, 1.54) is 18.2 Å². The number of rotatable bonds is 6. The van der Waals surface area contributed by atoms with Gasteiger partial charge in [-0.2, -0.15) is 5.10 Å². The van der Waals surface area contributed by atoms with Crippen LogP contribution in [0, 0.1) is 19.7 Å². The zero-order chi connectivity index (χ0) is 22.8. The molecule has 2 aromatic carbocycles. The Morgan fingerprint density at radius 1 is 1.09 bits per heavy atom. The second-order valence-electron chi connectivity index (χ2n) is 7.74. The Bertz CT molecular complexity index is 1360. The molecule has 0 spiro atoms. The first-order valence-corrected chi connectivity index (χ1v) is 10.6. The quantitative estimate of drug-likeness (QED) is 0.487. The molecule has 0 aliphatic carbocycles. The number of aryl methyl sites for hydroxylation is 3. The molecule has 0 aliphatic rings. The van der Waals surface area contributed by atoms with Crippen LogP contribution in [0.25, 0.3) is 16.7 Å². The number of fused-ring (bicyclic) bond motifs is 1. The first-order valence-electron chi connectivity index (χ1n) is 10.6. The van der Waals surface area contributed by atoms with Crippen LogP contribution in [0.5, 0.6) is 0 Å². The van der Waals surface area contributed by atoms with Crippen LogP contribution in [0.3, 0.4) is 0 Å². The van der Waals surface area contributed by atoms with E-state index in [-0.39, 0.29) is 24.3 Å². The Labute approximate surface area is 185 Å². The van der Waals surface area contributed by atoms with Crippen molar-refractivity contribution in [3.05, 3.63) is 87.6 Å². The molecule has 0 bridgehead atoms. The lowest BCUT2D eigenvalue weighted by atomic mass is 10.0. The monoisotopic (exact) mass is 432 g/mol. The van der Waals surface area contributed by atoms with Crippen LogP contribution in [0.4, 0.5) is 10.1 Å². The lowest BCUT2D eigenvalue weighted by Crippen LogP contribution is -2.27. The van der Waals surface area contributed by atoms with Crippen molar-refractivity contribution in [1.29, 1.82) is 0 Å². The highest BCUT2D eigenvalue weighted by atomic mass is 19.1. The lowest BCUT2D eigenvalue weighted by Gasteiger charge is -2.14. The zero-order valence-corrected chi connectivity index (χ0v) is 18.4. The van der Waals surface area contributed by atoms with E-state index in [0.717, 1.165) is 28.0 Å². The Hall–Kier alpha value is -3.74. The second-order valence-corrected chi connectivity index (χ2v) is 7.74. The van der Waals surface area contributed by atoms with Gasteiger partial charge in [0.1, 0.15) is 11.5 Å². The summed E-state index contributed by atoms with van der Waals surface area (Å²) in [5.74, 6) is -0.685. The Morgan fingerprint density at radius 2 is 1.84 bits per heavy atom. The van der Waals surface area contributed by atoms with Crippen LogP contribution < -0.4 is 10.9 Å². The van der Waals surface area contributed by atoms with E-state index < -0.39 is 5.82 Å². The summed E-state index contributed by atoms with van der Waals surface area (Å²) in [4.78, 5) is 25.8. The minimum absolute atomic E-state index is 0.117. The van der Waals surface area contributed by atoms with Gasteiger partial charge >= 0.3 is 0 Å². The third kappa shape index (κ3) is 3.93. The number of amides is 1. The van der Waals surface area contributed by atoms with Crippen molar-refractivity contribution in [2.45, 2.75) is 40.2 Å². The van der Waals surface area contributed by atoms with Gasteiger partial charge in [-0.05, 0) is 63.1 Å². The Kier molecular flexibility index (Phi) is 5.90. The van der Waals surface area contributed by atoms with Gasteiger partial charge in [0.15, 0.2) is 0 Å². The molecule has 0 saturated carbocycles. The number of hydrogen-bond acceptors (Lipinski definition) is 3. The highest BCUT2D eigenvalue weighted by Crippen LogP contribution is 2.26. The number of carbonyl (C=O) groups excluding carboxylic acids is 1. The third-order valence-electron chi connectivity index (χ3n) is 5.65. The third-order valence-corrected chi connectivity index (χ3v) is 5.65. The van der Waals surface area contributed by atoms with E-state index in [1.54, 1.807) is 10.6 Å². The maximum absolute atomic E-state index is 13.4. The summed E-state index contributed by atoms with van der Waals surface area (Å²) in [6.07, 6.45) is 0.408. The number of aromatic nitrogens is 3. The van der Waals surface area contributed by atoms with Crippen LogP contribution in [0.1, 0.15) is 30.2 Å². The summed E-state index contributed by atoms with van der Waals surface area (Å²) < 4.78 is 16.9. The minimum Gasteiger partial charge on any atom is -0.326 e. The van der Waals surface area contributed by atoms with Gasteiger partial charge < -0.3 is 5.32 Å². The molecule has 0 saturated heterocycles. The highest BCUT2D eigenvalue weighted by molar-refractivity contribution is 5.91. The predicted molar refractivity (Wildman–Crippen MR) is 124 cm³/mol. The predicted octanol–water partition coefficient (Wildman–Crippen LogP) is 4.53. The van der Waals surface area contributed by atoms with Gasteiger partial charge in [0.2, 0.25) is 5.91 Å². The number of hydrogen-bond donors (Lipinski definition) is 1. The van der Waals surface area contributed by atoms with Gasteiger partial charge in [-0.1, -0.05) is 24.3 Å². The van der Waals surface area contributed by atoms with Crippen LogP contribution in [-0.2, 0) is 17.8 Å². The number of benzene rings is 2. The number of carbonyl (C=O) groups is 1. The van der Waals surface area contributed by atoms with Gasteiger partial charge in [0.05, 0.1) is 11.4 Å². The molecule has 164 valence electrons. The molecule has 0 atom stereocenters. The zero-order valence-electron chi connectivity index (χ0n) is 18.4. The van der Waals surface area contributed by atoms with Crippen molar-refractivity contribution in [3.8, 4) is 5.69 Å². The van der Waals surface area contributed by atoms with Crippen molar-refractivity contribution in [1.82, 2.24) is 14.3 Å².